The summed E-state index contributed by atoms with van der Waals surface area (Å²) in [6.07, 6.45) is 7.28. The monoisotopic (exact) mass is 546 g/mol. The van der Waals surface area contributed by atoms with Crippen molar-refractivity contribution in [3.8, 4) is 0 Å². The molecular formula is C32H46N6O2. The third-order valence-corrected chi connectivity index (χ3v) is 6.63. The summed E-state index contributed by atoms with van der Waals surface area (Å²) in [6, 6.07) is 9.39. The number of aryl methyl sites for hydroxylation is 1. The van der Waals surface area contributed by atoms with Gasteiger partial charge in [0.2, 0.25) is 0 Å². The maximum atomic E-state index is 12.7. The third kappa shape index (κ3) is 8.55. The first-order valence-corrected chi connectivity index (χ1v) is 13.8. The molecule has 2 aromatic rings. The van der Waals surface area contributed by atoms with E-state index in [2.05, 4.69) is 46.6 Å². The third-order valence-electron chi connectivity index (χ3n) is 6.63. The van der Waals surface area contributed by atoms with Gasteiger partial charge in [-0.3, -0.25) is 24.0 Å². The van der Waals surface area contributed by atoms with Crippen molar-refractivity contribution >= 4 is 29.2 Å². The Morgan fingerprint density at radius 2 is 1.80 bits per heavy atom. The molecule has 0 unspecified atom stereocenters. The molecule has 2 heterocycles. The van der Waals surface area contributed by atoms with E-state index in [0.717, 1.165) is 55.1 Å². The zero-order chi connectivity index (χ0) is 29.8. The van der Waals surface area contributed by atoms with E-state index in [1.54, 1.807) is 56.1 Å². The van der Waals surface area contributed by atoms with E-state index in [1.807, 2.05) is 44.2 Å². The van der Waals surface area contributed by atoms with Crippen molar-refractivity contribution in [2.45, 2.75) is 27.7 Å². The molecule has 1 N–H and O–H groups in total. The number of piperazine rings is 1. The van der Waals surface area contributed by atoms with E-state index < -0.39 is 0 Å². The Balaban J connectivity index is 0.00000274. The number of carbonyl (C=O) groups is 1. The quantitative estimate of drug-likeness (QED) is 0.362. The van der Waals surface area contributed by atoms with Gasteiger partial charge in [-0.25, -0.2) is 0 Å². The molecule has 216 valence electrons. The van der Waals surface area contributed by atoms with Gasteiger partial charge in [-0.2, -0.15) is 0 Å². The van der Waals surface area contributed by atoms with Gasteiger partial charge in [0, 0.05) is 96.3 Å². The molecule has 0 aliphatic carbocycles. The Hall–Kier alpha value is -3.91. The Kier molecular flexibility index (Phi) is 12.6. The van der Waals surface area contributed by atoms with Crippen LogP contribution in [0.15, 0.2) is 76.2 Å². The van der Waals surface area contributed by atoms with Gasteiger partial charge in [0.1, 0.15) is 0 Å². The number of amides is 1. The number of allylic oxidation sites excluding steroid dienone is 4. The topological polar surface area (TPSA) is 73.2 Å². The maximum absolute atomic E-state index is 12.7. The lowest BCUT2D eigenvalue weighted by molar-refractivity contribution is 0.0827. The van der Waals surface area contributed by atoms with Crippen molar-refractivity contribution in [3.63, 3.8) is 0 Å². The number of nitrogens with one attached hydrogen (secondary N) is 1. The predicted octanol–water partition coefficient (Wildman–Crippen LogP) is 4.79. The highest BCUT2D eigenvalue weighted by Gasteiger charge is 2.20. The lowest BCUT2D eigenvalue weighted by Gasteiger charge is -2.37. The molecule has 8 nitrogen and oxygen atoms in total. The number of rotatable bonds is 9. The first-order valence-electron chi connectivity index (χ1n) is 13.8. The average molecular weight is 547 g/mol. The minimum Gasteiger partial charge on any atom is -0.388 e. The van der Waals surface area contributed by atoms with Crippen LogP contribution in [0.2, 0.25) is 0 Å². The van der Waals surface area contributed by atoms with Crippen molar-refractivity contribution in [1.29, 1.82) is 0 Å². The number of nitrogens with zero attached hydrogens (tertiary/aromatic N) is 5. The smallest absolute Gasteiger partial charge is 0.257 e. The van der Waals surface area contributed by atoms with Gasteiger partial charge in [0.25, 0.3) is 11.5 Å². The van der Waals surface area contributed by atoms with E-state index in [0.29, 0.717) is 5.70 Å². The van der Waals surface area contributed by atoms with Crippen LogP contribution in [-0.4, -0.2) is 87.4 Å². The summed E-state index contributed by atoms with van der Waals surface area (Å²) in [6.45, 7) is 17.0. The van der Waals surface area contributed by atoms with Crippen LogP contribution in [0.1, 0.15) is 36.7 Å². The van der Waals surface area contributed by atoms with Gasteiger partial charge in [0.15, 0.2) is 0 Å². The van der Waals surface area contributed by atoms with Gasteiger partial charge in [0.05, 0.1) is 5.70 Å². The lowest BCUT2D eigenvalue weighted by atomic mass is 10.1. The van der Waals surface area contributed by atoms with Gasteiger partial charge in [-0.05, 0) is 55.3 Å². The van der Waals surface area contributed by atoms with Crippen LogP contribution in [0.3, 0.4) is 0 Å². The molecule has 1 saturated heterocycles. The van der Waals surface area contributed by atoms with E-state index in [9.17, 15) is 9.59 Å². The largest absolute Gasteiger partial charge is 0.388 e. The number of aliphatic imine (C=N–C) groups is 1. The molecule has 0 spiro atoms. The molecule has 1 fully saturated rings. The number of pyridine rings is 1. The molecule has 1 aromatic carbocycles. The molecule has 0 saturated carbocycles. The number of hydrogen-bond donors (Lipinski definition) is 1. The first kappa shape index (κ1) is 32.3. The van der Waals surface area contributed by atoms with Gasteiger partial charge >= 0.3 is 0 Å². The predicted molar refractivity (Wildman–Crippen MR) is 171 cm³/mol. The van der Waals surface area contributed by atoms with Crippen LogP contribution in [0.25, 0.3) is 5.70 Å². The van der Waals surface area contributed by atoms with Gasteiger partial charge < -0.3 is 15.1 Å². The Labute approximate surface area is 240 Å². The summed E-state index contributed by atoms with van der Waals surface area (Å²) < 4.78 is 1.59. The summed E-state index contributed by atoms with van der Waals surface area (Å²) in [4.78, 5) is 35.5. The van der Waals surface area contributed by atoms with Crippen LogP contribution in [0.4, 0.5) is 11.4 Å². The fraction of sp³-hybridized carbons (Fsp3) is 0.406. The van der Waals surface area contributed by atoms with Crippen LogP contribution in [-0.2, 0) is 0 Å². The fourth-order valence-electron chi connectivity index (χ4n) is 4.64. The Morgan fingerprint density at radius 1 is 1.12 bits per heavy atom. The molecule has 0 bridgehead atoms. The highest BCUT2D eigenvalue weighted by atomic mass is 16.2. The highest BCUT2D eigenvalue weighted by molar-refractivity contribution is 5.94. The SMILES string of the molecule is C=C(/C=C(\C)CN1CCN(c2ccc(C(=O)N(C)C)cc2C)CC1)/C(=C\C=NC)n1ccc(NC)cc1=O.CC. The van der Waals surface area contributed by atoms with Crippen molar-refractivity contribution in [2.24, 2.45) is 4.99 Å². The fourth-order valence-corrected chi connectivity index (χ4v) is 4.64. The molecule has 0 radical (unpaired) electrons. The van der Waals surface area contributed by atoms with Crippen molar-refractivity contribution < 1.29 is 4.79 Å². The summed E-state index contributed by atoms with van der Waals surface area (Å²) >= 11 is 0. The van der Waals surface area contributed by atoms with Crippen LogP contribution < -0.4 is 15.8 Å². The minimum absolute atomic E-state index is 0.0214. The van der Waals surface area contributed by atoms with Crippen LogP contribution >= 0.6 is 0 Å². The second kappa shape index (κ2) is 15.6. The highest BCUT2D eigenvalue weighted by Crippen LogP contribution is 2.24. The van der Waals surface area contributed by atoms with E-state index >= 15 is 0 Å². The summed E-state index contributed by atoms with van der Waals surface area (Å²) in [5.41, 5.74) is 6.27. The van der Waals surface area contributed by atoms with Crippen LogP contribution in [0.5, 0.6) is 0 Å². The molecule has 1 aromatic heterocycles. The van der Waals surface area contributed by atoms with Crippen molar-refractivity contribution in [3.05, 3.63) is 87.9 Å². The zero-order valence-corrected chi connectivity index (χ0v) is 25.5. The number of benzene rings is 1. The lowest BCUT2D eigenvalue weighted by Crippen LogP contribution is -2.47. The molecule has 1 amide bonds. The molecule has 1 aliphatic rings. The number of anilines is 2. The van der Waals surface area contributed by atoms with E-state index in [-0.39, 0.29) is 11.5 Å². The van der Waals surface area contributed by atoms with Crippen LogP contribution in [0, 0.1) is 6.92 Å². The zero-order valence-electron chi connectivity index (χ0n) is 25.5. The van der Waals surface area contributed by atoms with Crippen molar-refractivity contribution in [2.75, 3.05) is 71.1 Å². The Bertz CT molecular complexity index is 1310. The van der Waals surface area contributed by atoms with Gasteiger partial charge in [-0.1, -0.05) is 32.1 Å². The standard InChI is InChI=1S/C30H40N6O2.C2H6/c1-22(18-23(2)28(10-12-31-4)36-13-11-26(32-5)20-29(36)37)21-34-14-16-35(17-15-34)27-9-8-25(19-24(27)3)30(38)33(6)7;1-2/h8-13,18-20,32H,2,14-17,21H2,1,3-7H3;1-2H3/b22-18+,28-10+,31-12?;. The average Bonchev–Trinajstić information content (AvgIpc) is 2.94. The second-order valence-electron chi connectivity index (χ2n) is 9.81. The molecule has 8 heteroatoms. The molecule has 3 rings (SSSR count). The number of hydrogen-bond acceptors (Lipinski definition) is 6. The number of aromatic nitrogens is 1. The first-order chi connectivity index (χ1) is 19.1. The van der Waals surface area contributed by atoms with Crippen molar-refractivity contribution in [1.82, 2.24) is 14.4 Å². The molecule has 1 aliphatic heterocycles. The summed E-state index contributed by atoms with van der Waals surface area (Å²) in [7, 11) is 7.03. The number of carbonyl (C=O) groups excluding carboxylic acids is 1. The second-order valence-corrected chi connectivity index (χ2v) is 9.81. The van der Waals surface area contributed by atoms with Gasteiger partial charge in [-0.15, -0.1) is 0 Å². The van der Waals surface area contributed by atoms with E-state index in [1.165, 1.54) is 11.3 Å². The molecular weight excluding hydrogens is 500 g/mol. The normalized spacial score (nSPS) is 14.6. The minimum atomic E-state index is -0.134. The molecule has 40 heavy (non-hydrogen) atoms. The van der Waals surface area contributed by atoms with E-state index in [4.69, 9.17) is 0 Å². The summed E-state index contributed by atoms with van der Waals surface area (Å²) in [5.74, 6) is 0.0214. The summed E-state index contributed by atoms with van der Waals surface area (Å²) in [5, 5.41) is 2.99. The maximum Gasteiger partial charge on any atom is 0.257 e. The Morgan fingerprint density at radius 3 is 2.35 bits per heavy atom. The molecule has 0 atom stereocenters.